The van der Waals surface area contributed by atoms with Crippen LogP contribution in [0.3, 0.4) is 0 Å². The third-order valence-corrected chi connectivity index (χ3v) is 8.39. The number of oxazole rings is 1. The van der Waals surface area contributed by atoms with Crippen LogP contribution in [-0.4, -0.2) is 9.55 Å². The highest BCUT2D eigenvalue weighted by Crippen LogP contribution is 2.43. The van der Waals surface area contributed by atoms with Crippen LogP contribution in [0.5, 0.6) is 0 Å². The van der Waals surface area contributed by atoms with Crippen LogP contribution in [0.1, 0.15) is 0 Å². The van der Waals surface area contributed by atoms with Crippen molar-refractivity contribution in [2.45, 2.75) is 0 Å². The maximum absolute atomic E-state index is 6.62. The van der Waals surface area contributed by atoms with Crippen molar-refractivity contribution in [3.63, 3.8) is 0 Å². The van der Waals surface area contributed by atoms with Gasteiger partial charge >= 0.3 is 6.01 Å². The SMILES string of the molecule is c1ccc2c(c1)oc1ccc3c(c4ccccc4n3-c3nc4ccc5sc6ccccc6c5c4o3)c12. The number of furan rings is 1. The lowest BCUT2D eigenvalue weighted by atomic mass is 10.1. The van der Waals surface area contributed by atoms with E-state index in [0.717, 1.165) is 60.2 Å². The Balaban J connectivity index is 1.45. The summed E-state index contributed by atoms with van der Waals surface area (Å²) < 4.78 is 17.4. The summed E-state index contributed by atoms with van der Waals surface area (Å²) in [5, 5.41) is 6.89. The molecular weight excluding hydrogens is 464 g/mol. The van der Waals surface area contributed by atoms with Crippen molar-refractivity contribution >= 4 is 86.4 Å². The molecule has 4 nitrogen and oxygen atoms in total. The Morgan fingerprint density at radius 1 is 0.556 bits per heavy atom. The zero-order valence-corrected chi connectivity index (χ0v) is 19.7. The molecule has 5 heteroatoms. The van der Waals surface area contributed by atoms with Gasteiger partial charge in [0, 0.05) is 41.7 Å². The van der Waals surface area contributed by atoms with Crippen LogP contribution < -0.4 is 0 Å². The fraction of sp³-hybridized carbons (Fsp3) is 0. The molecule has 0 atom stereocenters. The Morgan fingerprint density at radius 2 is 1.36 bits per heavy atom. The van der Waals surface area contributed by atoms with Crippen LogP contribution in [0.25, 0.3) is 81.0 Å². The minimum Gasteiger partial charge on any atom is -0.456 e. The molecule has 4 aromatic heterocycles. The van der Waals surface area contributed by atoms with Crippen molar-refractivity contribution in [1.29, 1.82) is 0 Å². The number of benzene rings is 5. The molecule has 0 aliphatic heterocycles. The van der Waals surface area contributed by atoms with Gasteiger partial charge in [-0.05, 0) is 42.5 Å². The number of nitrogens with zero attached hydrogens (tertiary/aromatic N) is 2. The van der Waals surface area contributed by atoms with Crippen molar-refractivity contribution in [3.8, 4) is 6.01 Å². The molecule has 0 saturated carbocycles. The number of rotatable bonds is 1. The van der Waals surface area contributed by atoms with E-state index in [1.165, 1.54) is 14.8 Å². The van der Waals surface area contributed by atoms with Gasteiger partial charge in [0.2, 0.25) is 0 Å². The van der Waals surface area contributed by atoms with Crippen LogP contribution in [0, 0.1) is 0 Å². The first-order valence-electron chi connectivity index (χ1n) is 11.9. The lowest BCUT2D eigenvalue weighted by Gasteiger charge is -2.01. The zero-order chi connectivity index (χ0) is 23.4. The number of hydrogen-bond acceptors (Lipinski definition) is 4. The molecule has 0 spiro atoms. The van der Waals surface area contributed by atoms with Gasteiger partial charge in [0.15, 0.2) is 5.58 Å². The number of hydrogen-bond donors (Lipinski definition) is 0. The molecule has 0 amide bonds. The quantitative estimate of drug-likeness (QED) is 0.235. The molecular formula is C31H16N2O2S. The molecule has 0 saturated heterocycles. The van der Waals surface area contributed by atoms with Gasteiger partial charge in [0.1, 0.15) is 16.7 Å². The minimum absolute atomic E-state index is 0.575. The summed E-state index contributed by atoms with van der Waals surface area (Å²) >= 11 is 1.79. The highest BCUT2D eigenvalue weighted by atomic mass is 32.1. The van der Waals surface area contributed by atoms with Gasteiger partial charge in [0.25, 0.3) is 0 Å². The van der Waals surface area contributed by atoms with Gasteiger partial charge < -0.3 is 8.83 Å². The second-order valence-electron chi connectivity index (χ2n) is 9.17. The van der Waals surface area contributed by atoms with E-state index in [0.29, 0.717) is 6.01 Å². The summed E-state index contributed by atoms with van der Waals surface area (Å²) in [6.07, 6.45) is 0. The van der Waals surface area contributed by atoms with Crippen molar-refractivity contribution in [1.82, 2.24) is 9.55 Å². The zero-order valence-electron chi connectivity index (χ0n) is 18.9. The number of fused-ring (bicyclic) bond motifs is 12. The summed E-state index contributed by atoms with van der Waals surface area (Å²) in [6, 6.07) is 34.1. The molecule has 0 aliphatic rings. The molecule has 4 heterocycles. The topological polar surface area (TPSA) is 44.1 Å². The normalized spacial score (nSPS) is 12.4. The third-order valence-electron chi connectivity index (χ3n) is 7.25. The summed E-state index contributed by atoms with van der Waals surface area (Å²) in [7, 11) is 0. The van der Waals surface area contributed by atoms with E-state index in [4.69, 9.17) is 13.8 Å². The minimum atomic E-state index is 0.575. The van der Waals surface area contributed by atoms with Gasteiger partial charge in [-0.1, -0.05) is 54.6 Å². The fourth-order valence-corrected chi connectivity index (χ4v) is 6.86. The van der Waals surface area contributed by atoms with Gasteiger partial charge in [0.05, 0.1) is 11.0 Å². The molecule has 0 radical (unpaired) electrons. The van der Waals surface area contributed by atoms with Gasteiger partial charge in [-0.25, -0.2) is 0 Å². The Kier molecular flexibility index (Phi) is 3.39. The van der Waals surface area contributed by atoms with Crippen LogP contribution in [0.15, 0.2) is 106 Å². The van der Waals surface area contributed by atoms with E-state index in [9.17, 15) is 0 Å². The first-order chi connectivity index (χ1) is 17.8. The summed E-state index contributed by atoms with van der Waals surface area (Å²) in [5.41, 5.74) is 5.58. The van der Waals surface area contributed by atoms with Gasteiger partial charge in [-0.2, -0.15) is 4.98 Å². The monoisotopic (exact) mass is 480 g/mol. The predicted octanol–water partition coefficient (Wildman–Crippen LogP) is 9.19. The molecule has 9 aromatic rings. The third kappa shape index (κ3) is 2.26. The maximum atomic E-state index is 6.62. The Bertz CT molecular complexity index is 2330. The Morgan fingerprint density at radius 3 is 2.31 bits per heavy atom. The first kappa shape index (κ1) is 18.7. The highest BCUT2D eigenvalue weighted by molar-refractivity contribution is 7.26. The largest absolute Gasteiger partial charge is 0.456 e. The van der Waals surface area contributed by atoms with Gasteiger partial charge in [-0.15, -0.1) is 11.3 Å². The lowest BCUT2D eigenvalue weighted by molar-refractivity contribution is 0.577. The van der Waals surface area contributed by atoms with Crippen LogP contribution in [0.4, 0.5) is 0 Å². The molecule has 0 N–H and O–H groups in total. The van der Waals surface area contributed by atoms with Gasteiger partial charge in [-0.3, -0.25) is 4.57 Å². The molecule has 168 valence electrons. The molecule has 0 unspecified atom stereocenters. The maximum Gasteiger partial charge on any atom is 0.307 e. The van der Waals surface area contributed by atoms with Crippen molar-refractivity contribution < 1.29 is 8.83 Å². The molecule has 5 aromatic carbocycles. The number of thiophene rings is 1. The highest BCUT2D eigenvalue weighted by Gasteiger charge is 2.22. The molecule has 0 bridgehead atoms. The molecule has 9 rings (SSSR count). The van der Waals surface area contributed by atoms with Crippen molar-refractivity contribution in [2.75, 3.05) is 0 Å². The number of para-hydroxylation sites is 2. The second kappa shape index (κ2) is 6.53. The lowest BCUT2D eigenvalue weighted by Crippen LogP contribution is -1.93. The second-order valence-corrected chi connectivity index (χ2v) is 10.2. The summed E-state index contributed by atoms with van der Waals surface area (Å²) in [5.74, 6) is 0. The van der Waals surface area contributed by atoms with Crippen LogP contribution >= 0.6 is 11.3 Å². The predicted molar refractivity (Wildman–Crippen MR) is 149 cm³/mol. The summed E-state index contributed by atoms with van der Waals surface area (Å²) in [6.45, 7) is 0. The summed E-state index contributed by atoms with van der Waals surface area (Å²) in [4.78, 5) is 5.00. The molecule has 0 aliphatic carbocycles. The fourth-order valence-electron chi connectivity index (χ4n) is 5.76. The van der Waals surface area contributed by atoms with E-state index in [1.54, 1.807) is 11.3 Å². The van der Waals surface area contributed by atoms with E-state index in [-0.39, 0.29) is 0 Å². The van der Waals surface area contributed by atoms with Crippen molar-refractivity contribution in [2.24, 2.45) is 0 Å². The van der Waals surface area contributed by atoms with Crippen LogP contribution in [-0.2, 0) is 0 Å². The smallest absolute Gasteiger partial charge is 0.307 e. The van der Waals surface area contributed by atoms with E-state index in [2.05, 4.69) is 89.5 Å². The molecule has 36 heavy (non-hydrogen) atoms. The molecule has 0 fully saturated rings. The van der Waals surface area contributed by atoms with E-state index < -0.39 is 0 Å². The van der Waals surface area contributed by atoms with Crippen LogP contribution in [0.2, 0.25) is 0 Å². The van der Waals surface area contributed by atoms with Crippen molar-refractivity contribution in [3.05, 3.63) is 97.1 Å². The average molecular weight is 481 g/mol. The first-order valence-corrected chi connectivity index (χ1v) is 12.7. The standard InChI is InChI=1S/C31H16N2O2S/c1-4-10-21-17(7-1)27-22(14-15-24-28(27)18-8-2-5-11-23(18)34-24)33(21)31-32-20-13-16-26-29(30(20)35-31)19-9-3-6-12-25(19)36-26/h1-16H. The Hall–Kier alpha value is -4.61. The van der Waals surface area contributed by atoms with E-state index >= 15 is 0 Å². The number of aromatic nitrogens is 2. The average Bonchev–Trinajstić information content (AvgIpc) is 3.66. The Labute approximate surface area is 207 Å². The van der Waals surface area contributed by atoms with E-state index in [1.807, 2.05) is 12.1 Å².